The summed E-state index contributed by atoms with van der Waals surface area (Å²) in [5.41, 5.74) is 0. The van der Waals surface area contributed by atoms with Crippen LogP contribution in [0.1, 0.15) is 20.3 Å². The molecule has 1 rings (SSSR count). The van der Waals surface area contributed by atoms with Gasteiger partial charge in [0, 0.05) is 19.5 Å². The minimum absolute atomic E-state index is 0.0215. The van der Waals surface area contributed by atoms with Crippen molar-refractivity contribution in [3.8, 4) is 0 Å². The molecule has 1 aliphatic rings. The number of ether oxygens (including phenoxy) is 1. The summed E-state index contributed by atoms with van der Waals surface area (Å²) >= 11 is 5.64. The number of likely N-dealkylation sites (N-methyl/N-ethyl adjacent to an activating group) is 1. The molecule has 1 fully saturated rings. The first-order valence-electron chi connectivity index (χ1n) is 5.51. The van der Waals surface area contributed by atoms with Crippen molar-refractivity contribution in [2.75, 3.05) is 25.3 Å². The summed E-state index contributed by atoms with van der Waals surface area (Å²) in [6.45, 7) is 4.39. The number of halogens is 1. The molecule has 0 N–H and O–H groups in total. The van der Waals surface area contributed by atoms with Crippen LogP contribution in [0, 0.1) is 5.92 Å². The molecule has 0 radical (unpaired) electrons. The lowest BCUT2D eigenvalue weighted by atomic mass is 10.2. The Morgan fingerprint density at radius 3 is 2.62 bits per heavy atom. The van der Waals surface area contributed by atoms with Crippen LogP contribution in [0.2, 0.25) is 0 Å². The van der Waals surface area contributed by atoms with Gasteiger partial charge in [0.05, 0.1) is 17.9 Å². The molecule has 0 aromatic heterocycles. The van der Waals surface area contributed by atoms with Gasteiger partial charge >= 0.3 is 0 Å². The Bertz CT molecular complexity index is 320. The van der Waals surface area contributed by atoms with Gasteiger partial charge in [0.2, 0.25) is 10.0 Å². The van der Waals surface area contributed by atoms with Gasteiger partial charge in [-0.15, -0.1) is 11.6 Å². The highest BCUT2D eigenvalue weighted by molar-refractivity contribution is 7.89. The molecule has 3 unspecified atom stereocenters. The second-order valence-corrected chi connectivity index (χ2v) is 6.87. The molecule has 4 nitrogen and oxygen atoms in total. The van der Waals surface area contributed by atoms with Crippen molar-refractivity contribution in [2.45, 2.75) is 32.4 Å². The Labute approximate surface area is 103 Å². The number of alkyl halides is 1. The Morgan fingerprint density at radius 2 is 2.19 bits per heavy atom. The van der Waals surface area contributed by atoms with Gasteiger partial charge in [-0.3, -0.25) is 0 Å². The van der Waals surface area contributed by atoms with Crippen molar-refractivity contribution in [3.05, 3.63) is 0 Å². The van der Waals surface area contributed by atoms with Gasteiger partial charge in [-0.1, -0.05) is 6.92 Å². The normalized spacial score (nSPS) is 28.6. The van der Waals surface area contributed by atoms with Crippen LogP contribution in [0.4, 0.5) is 0 Å². The van der Waals surface area contributed by atoms with Gasteiger partial charge in [0.15, 0.2) is 0 Å². The molecular formula is C10H20ClNO3S. The molecule has 0 saturated carbocycles. The fourth-order valence-corrected chi connectivity index (χ4v) is 3.93. The highest BCUT2D eigenvalue weighted by Crippen LogP contribution is 2.21. The van der Waals surface area contributed by atoms with Crippen LogP contribution in [0.15, 0.2) is 0 Å². The Morgan fingerprint density at radius 1 is 1.56 bits per heavy atom. The van der Waals surface area contributed by atoms with Crippen molar-refractivity contribution in [2.24, 2.45) is 5.92 Å². The standard InChI is InChI=1S/C10H20ClNO3S/c1-8(6-11)7-16(13,14)12(3)10-4-5-15-9(10)2/h8-10H,4-7H2,1-3H3. The average Bonchev–Trinajstić information content (AvgIpc) is 2.62. The van der Waals surface area contributed by atoms with E-state index in [-0.39, 0.29) is 23.8 Å². The zero-order valence-electron chi connectivity index (χ0n) is 10.0. The molecule has 16 heavy (non-hydrogen) atoms. The minimum atomic E-state index is -3.22. The van der Waals surface area contributed by atoms with Crippen molar-refractivity contribution < 1.29 is 13.2 Å². The maximum atomic E-state index is 12.0. The molecule has 0 amide bonds. The Hall–Kier alpha value is 0.160. The summed E-state index contributed by atoms with van der Waals surface area (Å²) in [5, 5.41) is 0. The molecule has 0 aromatic carbocycles. The summed E-state index contributed by atoms with van der Waals surface area (Å²) in [6, 6.07) is -0.0347. The van der Waals surface area contributed by atoms with Crippen LogP contribution in [-0.2, 0) is 14.8 Å². The van der Waals surface area contributed by atoms with Crippen LogP contribution >= 0.6 is 11.6 Å². The van der Waals surface area contributed by atoms with Crippen LogP contribution in [0.3, 0.4) is 0 Å². The third-order valence-electron chi connectivity index (χ3n) is 3.00. The van der Waals surface area contributed by atoms with Gasteiger partial charge in [-0.25, -0.2) is 8.42 Å². The van der Waals surface area contributed by atoms with Crippen LogP contribution < -0.4 is 0 Å². The van der Waals surface area contributed by atoms with E-state index in [2.05, 4.69) is 0 Å². The molecule has 3 atom stereocenters. The molecule has 0 aliphatic carbocycles. The smallest absolute Gasteiger partial charge is 0.214 e. The highest BCUT2D eigenvalue weighted by atomic mass is 35.5. The Balaban J connectivity index is 2.68. The average molecular weight is 270 g/mol. The third-order valence-corrected chi connectivity index (χ3v) is 5.67. The van der Waals surface area contributed by atoms with E-state index in [1.165, 1.54) is 4.31 Å². The summed E-state index contributed by atoms with van der Waals surface area (Å²) in [5.74, 6) is 0.451. The first-order valence-corrected chi connectivity index (χ1v) is 7.66. The summed E-state index contributed by atoms with van der Waals surface area (Å²) < 4.78 is 30.9. The van der Waals surface area contributed by atoms with E-state index in [1.807, 2.05) is 13.8 Å². The number of hydrogen-bond acceptors (Lipinski definition) is 3. The van der Waals surface area contributed by atoms with E-state index in [9.17, 15) is 8.42 Å². The van der Waals surface area contributed by atoms with E-state index in [4.69, 9.17) is 16.3 Å². The summed E-state index contributed by atoms with van der Waals surface area (Å²) in [6.07, 6.45) is 0.748. The summed E-state index contributed by atoms with van der Waals surface area (Å²) in [4.78, 5) is 0. The van der Waals surface area contributed by atoms with E-state index in [0.29, 0.717) is 12.5 Å². The fourth-order valence-electron chi connectivity index (χ4n) is 1.93. The number of nitrogens with zero attached hydrogens (tertiary/aromatic N) is 1. The first-order chi connectivity index (χ1) is 7.38. The molecule has 1 saturated heterocycles. The molecule has 1 aliphatic heterocycles. The molecule has 6 heteroatoms. The quantitative estimate of drug-likeness (QED) is 0.707. The lowest BCUT2D eigenvalue weighted by Gasteiger charge is -2.26. The van der Waals surface area contributed by atoms with Crippen LogP contribution in [0.5, 0.6) is 0 Å². The second-order valence-electron chi connectivity index (χ2n) is 4.49. The van der Waals surface area contributed by atoms with Gasteiger partial charge in [0.25, 0.3) is 0 Å². The largest absolute Gasteiger partial charge is 0.377 e. The van der Waals surface area contributed by atoms with Gasteiger partial charge in [0.1, 0.15) is 0 Å². The van der Waals surface area contributed by atoms with Gasteiger partial charge in [-0.2, -0.15) is 4.31 Å². The fraction of sp³-hybridized carbons (Fsp3) is 1.00. The van der Waals surface area contributed by atoms with Crippen molar-refractivity contribution in [1.82, 2.24) is 4.31 Å². The van der Waals surface area contributed by atoms with E-state index in [1.54, 1.807) is 7.05 Å². The molecule has 0 spiro atoms. The summed E-state index contributed by atoms with van der Waals surface area (Å²) in [7, 11) is -1.59. The molecular weight excluding hydrogens is 250 g/mol. The molecule has 1 heterocycles. The van der Waals surface area contributed by atoms with Gasteiger partial charge < -0.3 is 4.74 Å². The van der Waals surface area contributed by atoms with Crippen LogP contribution in [-0.4, -0.2) is 50.2 Å². The Kier molecular flexibility index (Phi) is 5.04. The second kappa shape index (κ2) is 5.67. The molecule has 0 aromatic rings. The highest BCUT2D eigenvalue weighted by Gasteiger charge is 2.34. The monoisotopic (exact) mass is 269 g/mol. The lowest BCUT2D eigenvalue weighted by molar-refractivity contribution is 0.102. The predicted octanol–water partition coefficient (Wildman–Crippen LogP) is 1.30. The van der Waals surface area contributed by atoms with Crippen molar-refractivity contribution in [3.63, 3.8) is 0 Å². The van der Waals surface area contributed by atoms with E-state index < -0.39 is 10.0 Å². The topological polar surface area (TPSA) is 46.6 Å². The third kappa shape index (κ3) is 3.32. The first kappa shape index (κ1) is 14.2. The van der Waals surface area contributed by atoms with E-state index >= 15 is 0 Å². The van der Waals surface area contributed by atoms with Gasteiger partial charge in [-0.05, 0) is 19.3 Å². The lowest BCUT2D eigenvalue weighted by Crippen LogP contribution is -2.43. The van der Waals surface area contributed by atoms with Crippen LogP contribution in [0.25, 0.3) is 0 Å². The number of hydrogen-bond donors (Lipinski definition) is 0. The molecule has 0 bridgehead atoms. The number of sulfonamides is 1. The maximum Gasteiger partial charge on any atom is 0.214 e. The SMILES string of the molecule is CC(CCl)CS(=O)(=O)N(C)C1CCOC1C. The predicted molar refractivity (Wildman–Crippen MR) is 65.3 cm³/mol. The zero-order chi connectivity index (χ0) is 12.3. The zero-order valence-corrected chi connectivity index (χ0v) is 11.6. The molecule has 96 valence electrons. The maximum absolute atomic E-state index is 12.0. The minimum Gasteiger partial charge on any atom is -0.377 e. The van der Waals surface area contributed by atoms with E-state index in [0.717, 1.165) is 6.42 Å². The van der Waals surface area contributed by atoms with Crippen molar-refractivity contribution in [1.29, 1.82) is 0 Å². The van der Waals surface area contributed by atoms with Crippen molar-refractivity contribution >= 4 is 21.6 Å². The number of rotatable bonds is 5.